The van der Waals surface area contributed by atoms with Gasteiger partial charge in [0.2, 0.25) is 5.91 Å². The van der Waals surface area contributed by atoms with E-state index in [2.05, 4.69) is 0 Å². The summed E-state index contributed by atoms with van der Waals surface area (Å²) in [6.45, 7) is 2.15. The minimum Gasteiger partial charge on any atom is -0.481 e. The van der Waals surface area contributed by atoms with E-state index in [0.29, 0.717) is 12.1 Å². The predicted molar refractivity (Wildman–Crippen MR) is 71.9 cm³/mol. The third-order valence-corrected chi connectivity index (χ3v) is 3.81. The Kier molecular flexibility index (Phi) is 4.28. The summed E-state index contributed by atoms with van der Waals surface area (Å²) in [7, 11) is 0. The molecule has 0 saturated carbocycles. The van der Waals surface area contributed by atoms with Crippen LogP contribution in [0.25, 0.3) is 0 Å². The fourth-order valence-electron chi connectivity index (χ4n) is 2.74. The molecular formula is C14H15ClFNO3. The highest BCUT2D eigenvalue weighted by atomic mass is 35.5. The summed E-state index contributed by atoms with van der Waals surface area (Å²) < 4.78 is 13.5. The Morgan fingerprint density at radius 3 is 2.75 bits per heavy atom. The average molecular weight is 300 g/mol. The molecule has 0 aromatic heterocycles. The maximum atomic E-state index is 13.5. The number of amides is 1. The lowest BCUT2D eigenvalue weighted by molar-refractivity contribution is -0.151. The van der Waals surface area contributed by atoms with Gasteiger partial charge in [0.1, 0.15) is 5.82 Å². The molecule has 0 aliphatic carbocycles. The lowest BCUT2D eigenvalue weighted by atomic mass is 9.84. The van der Waals surface area contributed by atoms with E-state index in [9.17, 15) is 19.1 Å². The monoisotopic (exact) mass is 299 g/mol. The van der Waals surface area contributed by atoms with Crippen molar-refractivity contribution in [2.45, 2.75) is 25.8 Å². The predicted octanol–water partition coefficient (Wildman–Crippen LogP) is 2.86. The van der Waals surface area contributed by atoms with Crippen LogP contribution in [0.5, 0.6) is 0 Å². The molecule has 1 aromatic rings. The number of halogens is 2. The van der Waals surface area contributed by atoms with Gasteiger partial charge in [0.05, 0.1) is 12.0 Å². The summed E-state index contributed by atoms with van der Waals surface area (Å²) in [6, 6.07) is 3.24. The molecule has 20 heavy (non-hydrogen) atoms. The minimum absolute atomic E-state index is 0.115. The molecule has 2 atom stereocenters. The Labute approximate surface area is 121 Å². The molecule has 1 aliphatic heterocycles. The van der Waals surface area contributed by atoms with Crippen LogP contribution in [0.1, 0.15) is 31.4 Å². The van der Waals surface area contributed by atoms with Crippen LogP contribution in [0.3, 0.4) is 0 Å². The summed E-state index contributed by atoms with van der Waals surface area (Å²) in [5, 5.41) is 9.54. The molecule has 1 aromatic carbocycles. The Morgan fingerprint density at radius 2 is 2.20 bits per heavy atom. The van der Waals surface area contributed by atoms with Crippen LogP contribution in [0.4, 0.5) is 4.39 Å². The molecule has 4 nitrogen and oxygen atoms in total. The number of piperidine rings is 1. The Bertz CT molecular complexity index is 527. The molecule has 1 saturated heterocycles. The Hall–Kier alpha value is -1.62. The smallest absolute Gasteiger partial charge is 0.308 e. The first kappa shape index (κ1) is 14.8. The van der Waals surface area contributed by atoms with Gasteiger partial charge < -0.3 is 10.0 Å². The van der Waals surface area contributed by atoms with E-state index in [-0.39, 0.29) is 23.8 Å². The van der Waals surface area contributed by atoms with E-state index in [0.717, 1.165) is 6.07 Å². The zero-order chi connectivity index (χ0) is 14.9. The molecule has 1 amide bonds. The minimum atomic E-state index is -0.985. The molecule has 1 N–H and O–H groups in total. The van der Waals surface area contributed by atoms with Gasteiger partial charge >= 0.3 is 5.97 Å². The van der Waals surface area contributed by atoms with E-state index >= 15 is 0 Å². The maximum Gasteiger partial charge on any atom is 0.308 e. The molecule has 0 spiro atoms. The van der Waals surface area contributed by atoms with Crippen molar-refractivity contribution in [1.82, 2.24) is 4.90 Å². The van der Waals surface area contributed by atoms with Gasteiger partial charge in [-0.2, -0.15) is 0 Å². The first-order valence-electron chi connectivity index (χ1n) is 6.42. The molecule has 1 aliphatic rings. The number of carbonyl (C=O) groups excluding carboxylic acids is 1. The number of carboxylic acids is 1. The number of aliphatic carboxylic acids is 1. The summed E-state index contributed by atoms with van der Waals surface area (Å²) >= 11 is 5.83. The zero-order valence-corrected chi connectivity index (χ0v) is 11.7. The highest BCUT2D eigenvalue weighted by molar-refractivity contribution is 6.30. The molecular weight excluding hydrogens is 285 g/mol. The second-order valence-corrected chi connectivity index (χ2v) is 5.25. The van der Waals surface area contributed by atoms with Crippen LogP contribution in [-0.2, 0) is 9.59 Å². The SMILES string of the molecule is CCN1C(=O)CCC(C(=O)O)C1c1cc(F)cc(Cl)c1. The summed E-state index contributed by atoms with van der Waals surface area (Å²) in [5.41, 5.74) is 0.428. The van der Waals surface area contributed by atoms with E-state index in [1.807, 2.05) is 0 Å². The van der Waals surface area contributed by atoms with Gasteiger partial charge in [-0.05, 0) is 37.1 Å². The lowest BCUT2D eigenvalue weighted by Crippen LogP contribution is -2.45. The summed E-state index contributed by atoms with van der Waals surface area (Å²) in [5.74, 6) is -2.38. The number of hydrogen-bond donors (Lipinski definition) is 1. The van der Waals surface area contributed by atoms with Crippen LogP contribution in [0, 0.1) is 11.7 Å². The van der Waals surface area contributed by atoms with Gasteiger partial charge in [-0.3, -0.25) is 9.59 Å². The van der Waals surface area contributed by atoms with Gasteiger partial charge in [0.25, 0.3) is 0 Å². The Balaban J connectivity index is 2.49. The van der Waals surface area contributed by atoms with E-state index in [4.69, 9.17) is 11.6 Å². The number of carbonyl (C=O) groups is 2. The van der Waals surface area contributed by atoms with Crippen molar-refractivity contribution in [3.05, 3.63) is 34.6 Å². The van der Waals surface area contributed by atoms with E-state index < -0.39 is 23.7 Å². The fourth-order valence-corrected chi connectivity index (χ4v) is 2.97. The topological polar surface area (TPSA) is 57.6 Å². The number of carboxylic acid groups (broad SMARTS) is 1. The Morgan fingerprint density at radius 1 is 1.50 bits per heavy atom. The normalized spacial score (nSPS) is 22.9. The third-order valence-electron chi connectivity index (χ3n) is 3.59. The van der Waals surface area contributed by atoms with Crippen molar-refractivity contribution >= 4 is 23.5 Å². The number of likely N-dealkylation sites (tertiary alicyclic amines) is 1. The number of benzene rings is 1. The van der Waals surface area contributed by atoms with Gasteiger partial charge in [0, 0.05) is 18.0 Å². The van der Waals surface area contributed by atoms with Crippen LogP contribution >= 0.6 is 11.6 Å². The van der Waals surface area contributed by atoms with Crippen LogP contribution < -0.4 is 0 Å². The molecule has 108 valence electrons. The number of rotatable bonds is 3. The molecule has 0 bridgehead atoms. The highest BCUT2D eigenvalue weighted by Crippen LogP contribution is 2.37. The molecule has 2 unspecified atom stereocenters. The first-order chi connectivity index (χ1) is 9.43. The maximum absolute atomic E-state index is 13.5. The molecule has 1 heterocycles. The summed E-state index contributed by atoms with van der Waals surface area (Å²) in [4.78, 5) is 24.8. The molecule has 2 rings (SSSR count). The zero-order valence-electron chi connectivity index (χ0n) is 11.0. The fraction of sp³-hybridized carbons (Fsp3) is 0.429. The largest absolute Gasteiger partial charge is 0.481 e. The van der Waals surface area contributed by atoms with Crippen molar-refractivity contribution in [3.8, 4) is 0 Å². The lowest BCUT2D eigenvalue weighted by Gasteiger charge is -2.39. The van der Waals surface area contributed by atoms with Crippen LogP contribution in [0.15, 0.2) is 18.2 Å². The van der Waals surface area contributed by atoms with Crippen molar-refractivity contribution in [1.29, 1.82) is 0 Å². The molecule has 0 radical (unpaired) electrons. The van der Waals surface area contributed by atoms with Crippen molar-refractivity contribution < 1.29 is 19.1 Å². The van der Waals surface area contributed by atoms with Crippen molar-refractivity contribution in [2.75, 3.05) is 6.54 Å². The second-order valence-electron chi connectivity index (χ2n) is 4.81. The quantitative estimate of drug-likeness (QED) is 0.933. The van der Waals surface area contributed by atoms with Gasteiger partial charge in [-0.25, -0.2) is 4.39 Å². The number of nitrogens with zero attached hydrogens (tertiary/aromatic N) is 1. The highest BCUT2D eigenvalue weighted by Gasteiger charge is 2.40. The molecule has 1 fully saturated rings. The van der Waals surface area contributed by atoms with Crippen molar-refractivity contribution in [3.63, 3.8) is 0 Å². The van der Waals surface area contributed by atoms with Crippen molar-refractivity contribution in [2.24, 2.45) is 5.92 Å². The average Bonchev–Trinajstić information content (AvgIpc) is 2.36. The standard InChI is InChI=1S/C14H15ClFNO3/c1-2-17-12(18)4-3-11(14(19)20)13(17)8-5-9(15)7-10(16)6-8/h5-7,11,13H,2-4H2,1H3,(H,19,20). The third kappa shape index (κ3) is 2.77. The van der Waals surface area contributed by atoms with Gasteiger partial charge in [0.15, 0.2) is 0 Å². The second kappa shape index (κ2) is 5.79. The number of hydrogen-bond acceptors (Lipinski definition) is 2. The molecule has 6 heteroatoms. The van der Waals surface area contributed by atoms with Crippen LogP contribution in [-0.4, -0.2) is 28.4 Å². The summed E-state index contributed by atoms with van der Waals surface area (Å²) in [6.07, 6.45) is 0.452. The van der Waals surface area contributed by atoms with Gasteiger partial charge in [-0.1, -0.05) is 11.6 Å². The van der Waals surface area contributed by atoms with E-state index in [1.54, 1.807) is 6.92 Å². The van der Waals surface area contributed by atoms with Crippen LogP contribution in [0.2, 0.25) is 5.02 Å². The first-order valence-corrected chi connectivity index (χ1v) is 6.80. The van der Waals surface area contributed by atoms with E-state index in [1.165, 1.54) is 17.0 Å². The van der Waals surface area contributed by atoms with Gasteiger partial charge in [-0.15, -0.1) is 0 Å².